The van der Waals surface area contributed by atoms with E-state index in [0.717, 1.165) is 0 Å². The van der Waals surface area contributed by atoms with E-state index >= 15 is 0 Å². The summed E-state index contributed by atoms with van der Waals surface area (Å²) < 4.78 is 1.66. The van der Waals surface area contributed by atoms with Crippen LogP contribution in [0.5, 0.6) is 0 Å². The summed E-state index contributed by atoms with van der Waals surface area (Å²) >= 11 is 12.4. The molecule has 4 aromatic rings. The number of aromatic nitrogens is 3. The van der Waals surface area contributed by atoms with Crippen molar-refractivity contribution in [2.45, 2.75) is 13.8 Å². The van der Waals surface area contributed by atoms with Crippen LogP contribution in [0, 0.1) is 5.92 Å². The molecule has 148 valence electrons. The van der Waals surface area contributed by atoms with Gasteiger partial charge in [0, 0.05) is 16.6 Å². The zero-order chi connectivity index (χ0) is 20.7. The highest BCUT2D eigenvalue weighted by Gasteiger charge is 2.25. The lowest BCUT2D eigenvalue weighted by molar-refractivity contribution is 0.0951. The maximum absolute atomic E-state index is 13.0. The number of para-hydroxylation sites is 2. The minimum absolute atomic E-state index is 0.231. The number of amides is 1. The van der Waals surface area contributed by atoms with Gasteiger partial charge in [0.25, 0.3) is 5.91 Å². The predicted octanol–water partition coefficient (Wildman–Crippen LogP) is 4.85. The molecule has 0 aliphatic heterocycles. The van der Waals surface area contributed by atoms with E-state index in [1.165, 1.54) is 0 Å². The van der Waals surface area contributed by atoms with Crippen molar-refractivity contribution in [3.63, 3.8) is 0 Å². The van der Waals surface area contributed by atoms with Gasteiger partial charge in [-0.3, -0.25) is 9.36 Å². The average molecular weight is 428 g/mol. The lowest BCUT2D eigenvalue weighted by Gasteiger charge is -2.10. The number of carbonyl (C=O) groups excluding carboxylic acids is 1. The smallest absolute Gasteiger partial charge is 0.257 e. The molecule has 0 atom stereocenters. The first-order valence-electron chi connectivity index (χ1n) is 9.16. The molecular formula is C21H19Cl2N5O. The first kappa shape index (κ1) is 19.5. The van der Waals surface area contributed by atoms with Crippen LogP contribution >= 0.6 is 23.2 Å². The summed E-state index contributed by atoms with van der Waals surface area (Å²) in [4.78, 5) is 22.4. The van der Waals surface area contributed by atoms with E-state index in [9.17, 15) is 4.79 Å². The van der Waals surface area contributed by atoms with Crippen LogP contribution < -0.4 is 11.1 Å². The van der Waals surface area contributed by atoms with Crippen LogP contribution in [0.4, 0.5) is 5.82 Å². The number of hydrogen-bond donors (Lipinski definition) is 2. The topological polar surface area (TPSA) is 85.8 Å². The van der Waals surface area contributed by atoms with Gasteiger partial charge in [-0.25, -0.2) is 9.97 Å². The SMILES string of the molecule is CC(C)CNC(=O)c1c(N)n(-c2cc(Cl)cc(Cl)c2)c2nc3ccccc3nc12. The molecular weight excluding hydrogens is 409 g/mol. The van der Waals surface area contributed by atoms with Crippen LogP contribution in [0.2, 0.25) is 10.0 Å². The molecule has 8 heteroatoms. The molecule has 0 aliphatic rings. The van der Waals surface area contributed by atoms with Crippen LogP contribution in [0.3, 0.4) is 0 Å². The number of hydrogen-bond acceptors (Lipinski definition) is 4. The van der Waals surface area contributed by atoms with Crippen molar-refractivity contribution in [3.05, 3.63) is 58.1 Å². The molecule has 0 unspecified atom stereocenters. The Kier molecular flexibility index (Phi) is 5.06. The lowest BCUT2D eigenvalue weighted by Crippen LogP contribution is -2.28. The van der Waals surface area contributed by atoms with Crippen molar-refractivity contribution in [2.75, 3.05) is 12.3 Å². The fourth-order valence-corrected chi connectivity index (χ4v) is 3.71. The quantitative estimate of drug-likeness (QED) is 0.487. The van der Waals surface area contributed by atoms with E-state index in [2.05, 4.69) is 10.3 Å². The van der Waals surface area contributed by atoms with Crippen molar-refractivity contribution in [1.29, 1.82) is 0 Å². The van der Waals surface area contributed by atoms with Gasteiger partial charge >= 0.3 is 0 Å². The summed E-state index contributed by atoms with van der Waals surface area (Å²) in [5, 5.41) is 3.82. The summed E-state index contributed by atoms with van der Waals surface area (Å²) in [6, 6.07) is 12.5. The summed E-state index contributed by atoms with van der Waals surface area (Å²) in [6.45, 7) is 4.57. The molecule has 0 fully saturated rings. The molecule has 0 radical (unpaired) electrons. The molecule has 2 aromatic carbocycles. The Balaban J connectivity index is 2.03. The highest BCUT2D eigenvalue weighted by atomic mass is 35.5. The zero-order valence-electron chi connectivity index (χ0n) is 15.9. The number of carbonyl (C=O) groups is 1. The Labute approximate surface area is 177 Å². The Hall–Kier alpha value is -2.83. The van der Waals surface area contributed by atoms with Crippen molar-refractivity contribution in [2.24, 2.45) is 5.92 Å². The van der Waals surface area contributed by atoms with E-state index in [0.29, 0.717) is 50.4 Å². The van der Waals surface area contributed by atoms with Crippen molar-refractivity contribution in [1.82, 2.24) is 19.9 Å². The number of nitrogens with two attached hydrogens (primary N) is 1. The summed E-state index contributed by atoms with van der Waals surface area (Å²) in [6.07, 6.45) is 0. The third kappa shape index (κ3) is 3.61. The van der Waals surface area contributed by atoms with Crippen molar-refractivity contribution in [3.8, 4) is 5.69 Å². The van der Waals surface area contributed by atoms with Crippen LogP contribution in [0.25, 0.3) is 27.9 Å². The third-order valence-corrected chi connectivity index (χ3v) is 4.94. The minimum atomic E-state index is -0.294. The Morgan fingerprint density at radius 2 is 1.72 bits per heavy atom. The van der Waals surface area contributed by atoms with Gasteiger partial charge in [-0.2, -0.15) is 0 Å². The predicted molar refractivity (Wildman–Crippen MR) is 118 cm³/mol. The standard InChI is InChI=1S/C21H19Cl2N5O/c1-11(2)10-25-21(29)17-18-20(27-16-6-4-3-5-15(16)26-18)28(19(17)24)14-8-12(22)7-13(23)9-14/h3-9,11H,10,24H2,1-2H3,(H,25,29). The molecule has 3 N–H and O–H groups in total. The van der Waals surface area contributed by atoms with E-state index in [4.69, 9.17) is 33.9 Å². The van der Waals surface area contributed by atoms with Gasteiger partial charge in [0.05, 0.1) is 16.7 Å². The normalized spacial score (nSPS) is 11.5. The van der Waals surface area contributed by atoms with E-state index in [-0.39, 0.29) is 17.3 Å². The average Bonchev–Trinajstić information content (AvgIpc) is 2.94. The second-order valence-electron chi connectivity index (χ2n) is 7.21. The maximum Gasteiger partial charge on any atom is 0.257 e. The fraction of sp³-hybridized carbons (Fsp3) is 0.190. The van der Waals surface area contributed by atoms with Crippen LogP contribution in [0.15, 0.2) is 42.5 Å². The molecule has 1 amide bonds. The van der Waals surface area contributed by atoms with Gasteiger partial charge in [0.1, 0.15) is 16.9 Å². The Bertz CT molecular complexity index is 1230. The highest BCUT2D eigenvalue weighted by molar-refractivity contribution is 6.35. The minimum Gasteiger partial charge on any atom is -0.384 e. The van der Waals surface area contributed by atoms with Crippen LogP contribution in [0.1, 0.15) is 24.2 Å². The second kappa shape index (κ2) is 7.54. The number of fused-ring (bicyclic) bond motifs is 2. The molecule has 6 nitrogen and oxygen atoms in total. The Morgan fingerprint density at radius 3 is 2.34 bits per heavy atom. The first-order chi connectivity index (χ1) is 13.8. The molecule has 29 heavy (non-hydrogen) atoms. The van der Waals surface area contributed by atoms with Crippen molar-refractivity contribution < 1.29 is 4.79 Å². The third-order valence-electron chi connectivity index (χ3n) is 4.50. The number of nitrogens with one attached hydrogen (secondary N) is 1. The molecule has 0 saturated carbocycles. The largest absolute Gasteiger partial charge is 0.384 e. The summed E-state index contributed by atoms with van der Waals surface area (Å²) in [7, 11) is 0. The van der Waals surface area contributed by atoms with E-state index < -0.39 is 0 Å². The number of halogens is 2. The molecule has 0 spiro atoms. The molecule has 0 saturated heterocycles. The molecule has 4 rings (SSSR count). The van der Waals surface area contributed by atoms with Gasteiger partial charge < -0.3 is 11.1 Å². The monoisotopic (exact) mass is 427 g/mol. The zero-order valence-corrected chi connectivity index (χ0v) is 17.4. The number of rotatable bonds is 4. The van der Waals surface area contributed by atoms with E-state index in [1.807, 2.05) is 38.1 Å². The first-order valence-corrected chi connectivity index (χ1v) is 9.92. The van der Waals surface area contributed by atoms with E-state index in [1.54, 1.807) is 22.8 Å². The van der Waals surface area contributed by atoms with Crippen LogP contribution in [-0.4, -0.2) is 27.0 Å². The van der Waals surface area contributed by atoms with Gasteiger partial charge in [-0.05, 0) is 36.2 Å². The van der Waals surface area contributed by atoms with Gasteiger partial charge in [-0.15, -0.1) is 0 Å². The highest BCUT2D eigenvalue weighted by Crippen LogP contribution is 2.33. The number of anilines is 1. The lowest BCUT2D eigenvalue weighted by atomic mass is 10.2. The summed E-state index contributed by atoms with van der Waals surface area (Å²) in [5.41, 5.74) is 9.62. The molecule has 0 aliphatic carbocycles. The Morgan fingerprint density at radius 1 is 1.10 bits per heavy atom. The number of benzene rings is 2. The van der Waals surface area contributed by atoms with Crippen LogP contribution in [-0.2, 0) is 0 Å². The van der Waals surface area contributed by atoms with Crippen molar-refractivity contribution >= 4 is 57.1 Å². The molecule has 2 aromatic heterocycles. The summed E-state index contributed by atoms with van der Waals surface area (Å²) in [5.74, 6) is 0.236. The molecule has 0 bridgehead atoms. The van der Waals surface area contributed by atoms with Gasteiger partial charge in [0.2, 0.25) is 0 Å². The molecule has 2 heterocycles. The maximum atomic E-state index is 13.0. The van der Waals surface area contributed by atoms with Gasteiger partial charge in [-0.1, -0.05) is 49.2 Å². The second-order valence-corrected chi connectivity index (χ2v) is 8.08. The number of nitrogens with zero attached hydrogens (tertiary/aromatic N) is 3. The van der Waals surface area contributed by atoms with Gasteiger partial charge in [0.15, 0.2) is 5.65 Å². The number of nitrogen functional groups attached to an aromatic ring is 1. The fourth-order valence-electron chi connectivity index (χ4n) is 3.20.